The van der Waals surface area contributed by atoms with Crippen molar-refractivity contribution in [1.82, 2.24) is 14.3 Å². The average Bonchev–Trinajstić information content (AvgIpc) is 2.84. The molecule has 2 heterocycles. The lowest BCUT2D eigenvalue weighted by atomic mass is 10.3. The third-order valence-electron chi connectivity index (χ3n) is 2.23. The van der Waals surface area contributed by atoms with Crippen molar-refractivity contribution in [3.05, 3.63) is 35.4 Å². The Morgan fingerprint density at radius 1 is 1.29 bits per heavy atom. The number of aryl methyl sites for hydroxylation is 1. The quantitative estimate of drug-likeness (QED) is 0.843. The van der Waals surface area contributed by atoms with Crippen LogP contribution < -0.4 is 5.32 Å². The van der Waals surface area contributed by atoms with Crippen molar-refractivity contribution in [2.45, 2.75) is 26.5 Å². The lowest BCUT2D eigenvalue weighted by molar-refractivity contribution is 0.276. The van der Waals surface area contributed by atoms with E-state index in [1.54, 1.807) is 6.07 Å². The van der Waals surface area contributed by atoms with Gasteiger partial charge >= 0.3 is 0 Å². The highest BCUT2D eigenvalue weighted by Crippen LogP contribution is 2.12. The van der Waals surface area contributed by atoms with Crippen LogP contribution >= 0.6 is 11.5 Å². The molecule has 0 spiro atoms. The number of hydrogen-bond acceptors (Lipinski definition) is 6. The van der Waals surface area contributed by atoms with Gasteiger partial charge in [-0.15, -0.1) is 0 Å². The fraction of sp³-hybridized carbons (Fsp3) is 0.364. The molecule has 0 bridgehead atoms. The van der Waals surface area contributed by atoms with Gasteiger partial charge in [0.25, 0.3) is 0 Å². The minimum absolute atomic E-state index is 0.0351. The molecule has 90 valence electrons. The van der Waals surface area contributed by atoms with E-state index in [0.29, 0.717) is 12.2 Å². The second kappa shape index (κ2) is 5.70. The van der Waals surface area contributed by atoms with Crippen LogP contribution in [0.2, 0.25) is 0 Å². The van der Waals surface area contributed by atoms with Crippen molar-refractivity contribution >= 4 is 16.7 Å². The molecule has 0 saturated heterocycles. The van der Waals surface area contributed by atoms with Crippen molar-refractivity contribution in [2.24, 2.45) is 0 Å². The zero-order chi connectivity index (χ0) is 12.1. The Bertz CT molecular complexity index is 486. The first-order valence-corrected chi connectivity index (χ1v) is 6.21. The Hall–Kier alpha value is -1.53. The first-order chi connectivity index (χ1) is 8.31. The third-order valence-corrected chi connectivity index (χ3v) is 2.94. The monoisotopic (exact) mass is 250 g/mol. The molecule has 0 aliphatic carbocycles. The van der Waals surface area contributed by atoms with Crippen molar-refractivity contribution in [3.8, 4) is 0 Å². The number of anilines is 1. The molecule has 0 saturated carbocycles. The van der Waals surface area contributed by atoms with Crippen LogP contribution in [0.5, 0.6) is 0 Å². The van der Waals surface area contributed by atoms with E-state index in [9.17, 15) is 0 Å². The fourth-order valence-corrected chi connectivity index (χ4v) is 2.00. The number of rotatable bonds is 5. The fourth-order valence-electron chi connectivity index (χ4n) is 1.35. The molecule has 0 atom stereocenters. The van der Waals surface area contributed by atoms with Gasteiger partial charge in [0.2, 0.25) is 5.13 Å². The number of hydrogen-bond donors (Lipinski definition) is 2. The molecule has 5 nitrogen and oxygen atoms in total. The number of aromatic nitrogens is 3. The minimum atomic E-state index is -0.0351. The third kappa shape index (κ3) is 3.21. The lowest BCUT2D eigenvalue weighted by Gasteiger charge is -2.03. The summed E-state index contributed by atoms with van der Waals surface area (Å²) in [6, 6.07) is 5.59. The van der Waals surface area contributed by atoms with Crippen LogP contribution in [0.1, 0.15) is 24.1 Å². The summed E-state index contributed by atoms with van der Waals surface area (Å²) in [6.07, 6.45) is 0.844. The molecular formula is C11H14N4OS. The molecule has 6 heteroatoms. The molecule has 2 aromatic rings. The maximum absolute atomic E-state index is 8.98. The molecule has 0 unspecified atom stereocenters. The first-order valence-electron chi connectivity index (χ1n) is 5.44. The van der Waals surface area contributed by atoms with Crippen LogP contribution in [0.4, 0.5) is 5.13 Å². The predicted octanol–water partition coefficient (Wildman–Crippen LogP) is 1.60. The van der Waals surface area contributed by atoms with E-state index in [0.717, 1.165) is 23.1 Å². The van der Waals surface area contributed by atoms with Crippen LogP contribution in [0, 0.1) is 0 Å². The van der Waals surface area contributed by atoms with Gasteiger partial charge in [0.1, 0.15) is 5.82 Å². The van der Waals surface area contributed by atoms with Gasteiger partial charge in [0.05, 0.1) is 24.5 Å². The predicted molar refractivity (Wildman–Crippen MR) is 66.8 cm³/mol. The van der Waals surface area contributed by atoms with Gasteiger partial charge in [-0.05, 0) is 12.1 Å². The largest absolute Gasteiger partial charge is 0.390 e. The zero-order valence-corrected chi connectivity index (χ0v) is 10.4. The summed E-state index contributed by atoms with van der Waals surface area (Å²) in [4.78, 5) is 8.58. The Kier molecular flexibility index (Phi) is 4.00. The van der Waals surface area contributed by atoms with E-state index < -0.39 is 0 Å². The van der Waals surface area contributed by atoms with Crippen molar-refractivity contribution in [3.63, 3.8) is 0 Å². The standard InChI is InChI=1S/C11H14N4OS/c1-2-10-14-11(17-15-10)12-6-8-4-3-5-9(7-16)13-8/h3-5,16H,2,6-7H2,1H3,(H,12,14,15). The SMILES string of the molecule is CCc1nsc(NCc2cccc(CO)n2)n1. The van der Waals surface area contributed by atoms with Gasteiger partial charge in [-0.3, -0.25) is 4.98 Å². The Morgan fingerprint density at radius 3 is 2.82 bits per heavy atom. The second-order valence-electron chi connectivity index (χ2n) is 3.50. The van der Waals surface area contributed by atoms with Crippen molar-refractivity contribution < 1.29 is 5.11 Å². The number of aliphatic hydroxyl groups excluding tert-OH is 1. The molecular weight excluding hydrogens is 236 g/mol. The number of nitrogens with zero attached hydrogens (tertiary/aromatic N) is 3. The number of aliphatic hydroxyl groups is 1. The second-order valence-corrected chi connectivity index (χ2v) is 4.25. The molecule has 2 N–H and O–H groups in total. The van der Waals surface area contributed by atoms with Crippen molar-refractivity contribution in [2.75, 3.05) is 5.32 Å². The summed E-state index contributed by atoms with van der Waals surface area (Å²) < 4.78 is 4.19. The van der Waals surface area contributed by atoms with Crippen LogP contribution in [-0.2, 0) is 19.6 Å². The van der Waals surface area contributed by atoms with Gasteiger partial charge in [-0.25, -0.2) is 4.98 Å². The lowest BCUT2D eigenvalue weighted by Crippen LogP contribution is -2.03. The van der Waals surface area contributed by atoms with E-state index in [-0.39, 0.29) is 6.61 Å². The Balaban J connectivity index is 1.96. The van der Waals surface area contributed by atoms with Crippen molar-refractivity contribution in [1.29, 1.82) is 0 Å². The molecule has 0 fully saturated rings. The maximum Gasteiger partial charge on any atom is 0.202 e. The van der Waals surface area contributed by atoms with Crippen LogP contribution in [0.3, 0.4) is 0 Å². The summed E-state index contributed by atoms with van der Waals surface area (Å²) in [7, 11) is 0. The van der Waals surface area contributed by atoms with Gasteiger partial charge in [0.15, 0.2) is 0 Å². The van der Waals surface area contributed by atoms with Gasteiger partial charge < -0.3 is 10.4 Å². The van der Waals surface area contributed by atoms with E-state index in [1.807, 2.05) is 19.1 Å². The van der Waals surface area contributed by atoms with E-state index in [2.05, 4.69) is 19.7 Å². The highest BCUT2D eigenvalue weighted by molar-refractivity contribution is 7.09. The summed E-state index contributed by atoms with van der Waals surface area (Å²) in [5.74, 6) is 0.856. The summed E-state index contributed by atoms with van der Waals surface area (Å²) >= 11 is 1.35. The van der Waals surface area contributed by atoms with Gasteiger partial charge in [-0.1, -0.05) is 13.0 Å². The normalized spacial score (nSPS) is 10.5. The van der Waals surface area contributed by atoms with Crippen LogP contribution in [0.15, 0.2) is 18.2 Å². The maximum atomic E-state index is 8.98. The molecule has 2 rings (SSSR count). The summed E-state index contributed by atoms with van der Waals surface area (Å²) in [5, 5.41) is 13.0. The summed E-state index contributed by atoms with van der Waals surface area (Å²) in [5.41, 5.74) is 1.56. The molecule has 0 aliphatic heterocycles. The van der Waals surface area contributed by atoms with E-state index >= 15 is 0 Å². The highest BCUT2D eigenvalue weighted by atomic mass is 32.1. The molecule has 2 aromatic heterocycles. The Labute approximate surface area is 104 Å². The van der Waals surface area contributed by atoms with Gasteiger partial charge in [0, 0.05) is 18.0 Å². The minimum Gasteiger partial charge on any atom is -0.390 e. The van der Waals surface area contributed by atoms with Crippen LogP contribution in [-0.4, -0.2) is 19.4 Å². The molecule has 0 radical (unpaired) electrons. The average molecular weight is 250 g/mol. The van der Waals surface area contributed by atoms with E-state index in [1.165, 1.54) is 11.5 Å². The van der Waals surface area contributed by atoms with Crippen LogP contribution in [0.25, 0.3) is 0 Å². The zero-order valence-electron chi connectivity index (χ0n) is 9.55. The van der Waals surface area contributed by atoms with Gasteiger partial charge in [-0.2, -0.15) is 4.37 Å². The molecule has 17 heavy (non-hydrogen) atoms. The number of pyridine rings is 1. The number of nitrogens with one attached hydrogen (secondary N) is 1. The Morgan fingerprint density at radius 2 is 2.12 bits per heavy atom. The molecule has 0 amide bonds. The van der Waals surface area contributed by atoms with E-state index in [4.69, 9.17) is 5.11 Å². The molecule has 0 aliphatic rings. The highest BCUT2D eigenvalue weighted by Gasteiger charge is 2.02. The summed E-state index contributed by atoms with van der Waals surface area (Å²) in [6.45, 7) is 2.58. The smallest absolute Gasteiger partial charge is 0.202 e. The first kappa shape index (κ1) is 11.9. The topological polar surface area (TPSA) is 70.9 Å². The molecule has 0 aromatic carbocycles.